The van der Waals surface area contributed by atoms with E-state index in [1.165, 1.54) is 25.7 Å². The summed E-state index contributed by atoms with van der Waals surface area (Å²) in [5.74, 6) is 0.460. The Balaban J connectivity index is 2.42. The van der Waals surface area contributed by atoms with E-state index in [4.69, 9.17) is 0 Å². The van der Waals surface area contributed by atoms with Gasteiger partial charge in [-0.05, 0) is 37.0 Å². The molecule has 14 heavy (non-hydrogen) atoms. The second-order valence-corrected chi connectivity index (χ2v) is 3.94. The first-order valence-electron chi connectivity index (χ1n) is 5.52. The van der Waals surface area contributed by atoms with Gasteiger partial charge >= 0.3 is 0 Å². The minimum absolute atomic E-state index is 0.460. The Morgan fingerprint density at radius 3 is 2.57 bits per heavy atom. The highest BCUT2D eigenvalue weighted by molar-refractivity contribution is 5.35. The van der Waals surface area contributed by atoms with Gasteiger partial charge < -0.3 is 5.11 Å². The molecule has 0 unspecified atom stereocenters. The van der Waals surface area contributed by atoms with Crippen LogP contribution in [0.2, 0.25) is 0 Å². The maximum atomic E-state index is 9.65. The van der Waals surface area contributed by atoms with E-state index in [1.807, 2.05) is 19.1 Å². The van der Waals surface area contributed by atoms with Crippen LogP contribution in [0.25, 0.3) is 0 Å². The summed E-state index contributed by atoms with van der Waals surface area (Å²) in [4.78, 5) is 0. The molecule has 0 saturated carbocycles. The normalized spacial score (nSPS) is 10.4. The molecule has 0 amide bonds. The second kappa shape index (κ2) is 5.69. The lowest BCUT2D eigenvalue weighted by molar-refractivity contribution is 0.466. The van der Waals surface area contributed by atoms with Crippen LogP contribution in [0.4, 0.5) is 0 Å². The standard InChI is InChI=1S/C13H20O/c1-3-4-5-6-7-12-9-8-11(2)10-13(12)14/h8-10,14H,3-7H2,1-2H3. The van der Waals surface area contributed by atoms with Gasteiger partial charge in [0.1, 0.15) is 5.75 Å². The van der Waals surface area contributed by atoms with E-state index in [-0.39, 0.29) is 0 Å². The van der Waals surface area contributed by atoms with Crippen LogP contribution in [0.5, 0.6) is 5.75 Å². The van der Waals surface area contributed by atoms with Crippen molar-refractivity contribution >= 4 is 0 Å². The van der Waals surface area contributed by atoms with Gasteiger partial charge in [0.05, 0.1) is 0 Å². The van der Waals surface area contributed by atoms with Gasteiger partial charge in [0, 0.05) is 0 Å². The molecule has 1 aromatic rings. The maximum Gasteiger partial charge on any atom is 0.119 e. The molecule has 0 atom stereocenters. The van der Waals surface area contributed by atoms with E-state index in [2.05, 4.69) is 13.0 Å². The summed E-state index contributed by atoms with van der Waals surface area (Å²) in [6.07, 6.45) is 6.02. The highest BCUT2D eigenvalue weighted by atomic mass is 16.3. The molecular weight excluding hydrogens is 172 g/mol. The molecule has 0 aromatic heterocycles. The van der Waals surface area contributed by atoms with E-state index in [0.717, 1.165) is 17.5 Å². The predicted molar refractivity (Wildman–Crippen MR) is 60.7 cm³/mol. The van der Waals surface area contributed by atoms with Crippen LogP contribution >= 0.6 is 0 Å². The smallest absolute Gasteiger partial charge is 0.119 e. The zero-order chi connectivity index (χ0) is 10.4. The monoisotopic (exact) mass is 192 g/mol. The molecule has 0 spiro atoms. The zero-order valence-electron chi connectivity index (χ0n) is 9.21. The van der Waals surface area contributed by atoms with Crippen LogP contribution in [0.1, 0.15) is 43.7 Å². The van der Waals surface area contributed by atoms with Crippen molar-refractivity contribution in [2.45, 2.75) is 46.0 Å². The highest BCUT2D eigenvalue weighted by Crippen LogP contribution is 2.20. The third kappa shape index (κ3) is 3.41. The van der Waals surface area contributed by atoms with Crippen molar-refractivity contribution < 1.29 is 5.11 Å². The van der Waals surface area contributed by atoms with Crippen LogP contribution in [0.15, 0.2) is 18.2 Å². The molecule has 78 valence electrons. The Labute approximate surface area is 86.8 Å². The molecule has 0 aliphatic carbocycles. The first kappa shape index (κ1) is 11.1. The minimum Gasteiger partial charge on any atom is -0.508 e. The van der Waals surface area contributed by atoms with Gasteiger partial charge in [0.15, 0.2) is 0 Å². The van der Waals surface area contributed by atoms with Crippen LogP contribution < -0.4 is 0 Å². The number of phenolic OH excluding ortho intramolecular Hbond substituents is 1. The molecule has 0 fully saturated rings. The average molecular weight is 192 g/mol. The van der Waals surface area contributed by atoms with Gasteiger partial charge in [0.25, 0.3) is 0 Å². The lowest BCUT2D eigenvalue weighted by atomic mass is 10.0. The van der Waals surface area contributed by atoms with Gasteiger partial charge in [-0.15, -0.1) is 0 Å². The maximum absolute atomic E-state index is 9.65. The molecule has 0 aliphatic rings. The van der Waals surface area contributed by atoms with Crippen LogP contribution in [0, 0.1) is 6.92 Å². The van der Waals surface area contributed by atoms with Crippen LogP contribution in [0.3, 0.4) is 0 Å². The summed E-state index contributed by atoms with van der Waals surface area (Å²) in [5.41, 5.74) is 2.21. The fourth-order valence-electron chi connectivity index (χ4n) is 1.63. The molecule has 1 nitrogen and oxygen atoms in total. The van der Waals surface area contributed by atoms with Gasteiger partial charge in [-0.25, -0.2) is 0 Å². The van der Waals surface area contributed by atoms with Gasteiger partial charge in [-0.2, -0.15) is 0 Å². The lowest BCUT2D eigenvalue weighted by Gasteiger charge is -2.04. The fourth-order valence-corrected chi connectivity index (χ4v) is 1.63. The van der Waals surface area contributed by atoms with Gasteiger partial charge in [-0.1, -0.05) is 38.3 Å². The Bertz CT molecular complexity index is 279. The number of benzene rings is 1. The molecule has 0 bridgehead atoms. The molecule has 1 aromatic carbocycles. The Kier molecular flexibility index (Phi) is 4.51. The van der Waals surface area contributed by atoms with Gasteiger partial charge in [0.2, 0.25) is 0 Å². The number of phenols is 1. The number of hydrogen-bond donors (Lipinski definition) is 1. The number of unbranched alkanes of at least 4 members (excludes halogenated alkanes) is 3. The summed E-state index contributed by atoms with van der Waals surface area (Å²) in [6.45, 7) is 4.21. The van der Waals surface area contributed by atoms with Crippen LogP contribution in [-0.4, -0.2) is 5.11 Å². The quantitative estimate of drug-likeness (QED) is 0.703. The number of rotatable bonds is 5. The van der Waals surface area contributed by atoms with E-state index in [1.54, 1.807) is 0 Å². The van der Waals surface area contributed by atoms with Crippen molar-refractivity contribution in [3.8, 4) is 5.75 Å². The summed E-state index contributed by atoms with van der Waals surface area (Å²) >= 11 is 0. The van der Waals surface area contributed by atoms with Crippen molar-refractivity contribution in [1.29, 1.82) is 0 Å². The molecule has 0 radical (unpaired) electrons. The van der Waals surface area contributed by atoms with Crippen LogP contribution in [-0.2, 0) is 6.42 Å². The highest BCUT2D eigenvalue weighted by Gasteiger charge is 2.00. The molecule has 0 aliphatic heterocycles. The lowest BCUT2D eigenvalue weighted by Crippen LogP contribution is -1.87. The summed E-state index contributed by atoms with van der Waals surface area (Å²) < 4.78 is 0. The number of aryl methyl sites for hydroxylation is 2. The first-order valence-corrected chi connectivity index (χ1v) is 5.52. The van der Waals surface area contributed by atoms with Crippen molar-refractivity contribution in [1.82, 2.24) is 0 Å². The Hall–Kier alpha value is -0.980. The number of aromatic hydroxyl groups is 1. The van der Waals surface area contributed by atoms with Crippen molar-refractivity contribution in [2.75, 3.05) is 0 Å². The Morgan fingerprint density at radius 1 is 1.14 bits per heavy atom. The van der Waals surface area contributed by atoms with Gasteiger partial charge in [-0.3, -0.25) is 0 Å². The average Bonchev–Trinajstić information content (AvgIpc) is 2.15. The molecular formula is C13H20O. The molecule has 1 rings (SSSR count). The summed E-state index contributed by atoms with van der Waals surface area (Å²) in [5, 5.41) is 9.65. The van der Waals surface area contributed by atoms with Crippen molar-refractivity contribution in [2.24, 2.45) is 0 Å². The summed E-state index contributed by atoms with van der Waals surface area (Å²) in [6, 6.07) is 5.95. The fraction of sp³-hybridized carbons (Fsp3) is 0.538. The Morgan fingerprint density at radius 2 is 1.93 bits per heavy atom. The second-order valence-electron chi connectivity index (χ2n) is 3.94. The molecule has 0 saturated heterocycles. The topological polar surface area (TPSA) is 20.2 Å². The van der Waals surface area contributed by atoms with E-state index >= 15 is 0 Å². The van der Waals surface area contributed by atoms with Crippen molar-refractivity contribution in [3.63, 3.8) is 0 Å². The van der Waals surface area contributed by atoms with E-state index in [9.17, 15) is 5.11 Å². The zero-order valence-corrected chi connectivity index (χ0v) is 9.21. The third-order valence-corrected chi connectivity index (χ3v) is 2.54. The minimum atomic E-state index is 0.460. The largest absolute Gasteiger partial charge is 0.508 e. The number of hydrogen-bond acceptors (Lipinski definition) is 1. The van der Waals surface area contributed by atoms with E-state index in [0.29, 0.717) is 5.75 Å². The predicted octanol–water partition coefficient (Wildman–Crippen LogP) is 3.82. The first-order chi connectivity index (χ1) is 6.74. The van der Waals surface area contributed by atoms with E-state index < -0.39 is 0 Å². The molecule has 1 N–H and O–H groups in total. The molecule has 0 heterocycles. The molecule has 1 heteroatoms. The summed E-state index contributed by atoms with van der Waals surface area (Å²) in [7, 11) is 0. The van der Waals surface area contributed by atoms with Crippen molar-refractivity contribution in [3.05, 3.63) is 29.3 Å². The third-order valence-electron chi connectivity index (χ3n) is 2.54. The SMILES string of the molecule is CCCCCCc1ccc(C)cc1O.